The zero-order chi connectivity index (χ0) is 16.1. The zero-order valence-corrected chi connectivity index (χ0v) is 14.5. The molecular weight excluding hydrogens is 278 g/mol. The molecule has 128 valence electrons. The minimum atomic E-state index is -0.438. The molecule has 0 bridgehead atoms. The fourth-order valence-corrected chi connectivity index (χ4v) is 3.46. The van der Waals surface area contributed by atoms with Gasteiger partial charge in [-0.05, 0) is 53.0 Å². The van der Waals surface area contributed by atoms with E-state index in [1.54, 1.807) is 0 Å². The summed E-state index contributed by atoms with van der Waals surface area (Å²) in [7, 11) is 0. The first-order valence-electron chi connectivity index (χ1n) is 8.84. The lowest BCUT2D eigenvalue weighted by Crippen LogP contribution is -2.56. The number of piperidine rings is 1. The third kappa shape index (κ3) is 5.76. The highest BCUT2D eigenvalue weighted by atomic mass is 16.6. The van der Waals surface area contributed by atoms with Crippen molar-refractivity contribution in [3.63, 3.8) is 0 Å². The Bertz CT molecular complexity index is 353. The second-order valence-electron chi connectivity index (χ2n) is 7.87. The second-order valence-corrected chi connectivity index (χ2v) is 7.87. The quantitative estimate of drug-likeness (QED) is 0.730. The summed E-state index contributed by atoms with van der Waals surface area (Å²) in [6.45, 7) is 8.47. The van der Waals surface area contributed by atoms with Gasteiger partial charge in [-0.2, -0.15) is 0 Å². The topological polar surface area (TPSA) is 62.4 Å². The number of rotatable bonds is 5. The number of nitrogens with one attached hydrogen (secondary N) is 3. The number of alkyl carbamates (subject to hydrolysis) is 1. The highest BCUT2D eigenvalue weighted by molar-refractivity contribution is 5.67. The van der Waals surface area contributed by atoms with E-state index in [2.05, 4.69) is 16.0 Å². The van der Waals surface area contributed by atoms with E-state index in [1.165, 1.54) is 32.1 Å². The maximum atomic E-state index is 11.9. The van der Waals surface area contributed by atoms with E-state index in [-0.39, 0.29) is 11.6 Å². The van der Waals surface area contributed by atoms with Crippen molar-refractivity contribution in [3.05, 3.63) is 0 Å². The molecule has 1 heterocycles. The summed E-state index contributed by atoms with van der Waals surface area (Å²) in [6, 6.07) is 0.577. The van der Waals surface area contributed by atoms with Gasteiger partial charge in [-0.1, -0.05) is 19.3 Å². The highest BCUT2D eigenvalue weighted by Crippen LogP contribution is 2.29. The van der Waals surface area contributed by atoms with Gasteiger partial charge in [0.1, 0.15) is 5.60 Å². The molecule has 22 heavy (non-hydrogen) atoms. The van der Waals surface area contributed by atoms with Gasteiger partial charge >= 0.3 is 6.09 Å². The Balaban J connectivity index is 1.79. The molecule has 1 amide bonds. The van der Waals surface area contributed by atoms with Crippen LogP contribution in [0, 0.1) is 0 Å². The van der Waals surface area contributed by atoms with Gasteiger partial charge in [0, 0.05) is 24.7 Å². The van der Waals surface area contributed by atoms with Crippen molar-refractivity contribution in [1.82, 2.24) is 16.0 Å². The molecule has 1 saturated heterocycles. The van der Waals surface area contributed by atoms with Crippen LogP contribution in [0.3, 0.4) is 0 Å². The zero-order valence-electron chi connectivity index (χ0n) is 14.5. The van der Waals surface area contributed by atoms with Crippen molar-refractivity contribution in [2.24, 2.45) is 0 Å². The second kappa shape index (κ2) is 7.64. The number of carbonyl (C=O) groups excluding carboxylic acids is 1. The summed E-state index contributed by atoms with van der Waals surface area (Å²) in [5, 5.41) is 10.3. The molecule has 1 atom stereocenters. The molecule has 1 aliphatic carbocycles. The van der Waals surface area contributed by atoms with Crippen molar-refractivity contribution < 1.29 is 9.53 Å². The average molecular weight is 311 g/mol. The minimum Gasteiger partial charge on any atom is -0.444 e. The number of hydrogen-bond donors (Lipinski definition) is 3. The average Bonchev–Trinajstić information content (AvgIpc) is 2.92. The van der Waals surface area contributed by atoms with Gasteiger partial charge in [0.05, 0.1) is 0 Å². The van der Waals surface area contributed by atoms with E-state index in [0.29, 0.717) is 12.6 Å². The molecule has 5 nitrogen and oxygen atoms in total. The smallest absolute Gasteiger partial charge is 0.407 e. The van der Waals surface area contributed by atoms with Crippen LogP contribution in [-0.2, 0) is 4.74 Å². The van der Waals surface area contributed by atoms with Crippen LogP contribution in [-0.4, -0.2) is 42.9 Å². The summed E-state index contributed by atoms with van der Waals surface area (Å²) < 4.78 is 5.35. The molecule has 0 aromatic heterocycles. The summed E-state index contributed by atoms with van der Waals surface area (Å²) in [5.41, 5.74) is -0.387. The molecule has 0 aromatic rings. The highest BCUT2D eigenvalue weighted by Gasteiger charge is 2.34. The standard InChI is InChI=1S/C17H33N3O2/c1-16(2,3)22-15(21)19-13-17(9-5-6-10-17)20-12-14-8-4-7-11-18-14/h14,18,20H,4-13H2,1-3H3,(H,19,21). The van der Waals surface area contributed by atoms with Crippen molar-refractivity contribution in [2.75, 3.05) is 19.6 Å². The number of carbonyl (C=O) groups is 1. The van der Waals surface area contributed by atoms with Crippen LogP contribution >= 0.6 is 0 Å². The molecule has 0 aromatic carbocycles. The normalized spacial score (nSPS) is 25.0. The largest absolute Gasteiger partial charge is 0.444 e. The number of amides is 1. The van der Waals surface area contributed by atoms with Gasteiger partial charge in [-0.25, -0.2) is 4.79 Å². The summed E-state index contributed by atoms with van der Waals surface area (Å²) in [6.07, 6.45) is 8.30. The third-order valence-corrected chi connectivity index (χ3v) is 4.67. The first-order chi connectivity index (χ1) is 10.4. The Kier molecular flexibility index (Phi) is 6.09. The molecule has 3 N–H and O–H groups in total. The summed E-state index contributed by atoms with van der Waals surface area (Å²) in [5.74, 6) is 0. The van der Waals surface area contributed by atoms with Crippen LogP contribution in [0.25, 0.3) is 0 Å². The monoisotopic (exact) mass is 311 g/mol. The van der Waals surface area contributed by atoms with Gasteiger partial charge in [-0.15, -0.1) is 0 Å². The Morgan fingerprint density at radius 1 is 1.23 bits per heavy atom. The third-order valence-electron chi connectivity index (χ3n) is 4.67. The van der Waals surface area contributed by atoms with Gasteiger partial charge in [0.2, 0.25) is 0 Å². The molecule has 2 rings (SSSR count). The number of ether oxygens (including phenoxy) is 1. The van der Waals surface area contributed by atoms with Crippen LogP contribution in [0.4, 0.5) is 4.79 Å². The maximum absolute atomic E-state index is 11.9. The lowest BCUT2D eigenvalue weighted by Gasteiger charge is -2.34. The maximum Gasteiger partial charge on any atom is 0.407 e. The van der Waals surface area contributed by atoms with E-state index < -0.39 is 5.60 Å². The molecule has 5 heteroatoms. The fraction of sp³-hybridized carbons (Fsp3) is 0.941. The lowest BCUT2D eigenvalue weighted by molar-refractivity contribution is 0.0509. The van der Waals surface area contributed by atoms with Crippen LogP contribution in [0.15, 0.2) is 0 Å². The van der Waals surface area contributed by atoms with Crippen LogP contribution in [0.1, 0.15) is 65.7 Å². The van der Waals surface area contributed by atoms with Gasteiger partial charge in [-0.3, -0.25) is 0 Å². The predicted molar refractivity (Wildman–Crippen MR) is 89.1 cm³/mol. The molecule has 0 radical (unpaired) electrons. The Labute approximate surface area is 134 Å². The van der Waals surface area contributed by atoms with E-state index in [4.69, 9.17) is 4.74 Å². The Morgan fingerprint density at radius 3 is 2.55 bits per heavy atom. The van der Waals surface area contributed by atoms with E-state index in [9.17, 15) is 4.79 Å². The summed E-state index contributed by atoms with van der Waals surface area (Å²) >= 11 is 0. The molecule has 1 saturated carbocycles. The van der Waals surface area contributed by atoms with Crippen molar-refractivity contribution in [1.29, 1.82) is 0 Å². The molecular formula is C17H33N3O2. The van der Waals surface area contributed by atoms with E-state index in [1.807, 2.05) is 20.8 Å². The summed E-state index contributed by atoms with van der Waals surface area (Å²) in [4.78, 5) is 11.9. The molecule has 0 spiro atoms. The van der Waals surface area contributed by atoms with Crippen molar-refractivity contribution in [2.45, 2.75) is 82.9 Å². The van der Waals surface area contributed by atoms with Crippen molar-refractivity contribution >= 4 is 6.09 Å². The lowest BCUT2D eigenvalue weighted by atomic mass is 9.96. The molecule has 2 aliphatic rings. The molecule has 1 unspecified atom stereocenters. The fourth-order valence-electron chi connectivity index (χ4n) is 3.46. The first-order valence-corrected chi connectivity index (χ1v) is 8.84. The first kappa shape index (κ1) is 17.5. The van der Waals surface area contributed by atoms with Crippen LogP contribution in [0.2, 0.25) is 0 Å². The van der Waals surface area contributed by atoms with Crippen molar-refractivity contribution in [3.8, 4) is 0 Å². The molecule has 2 fully saturated rings. The van der Waals surface area contributed by atoms with E-state index >= 15 is 0 Å². The van der Waals surface area contributed by atoms with Crippen LogP contribution in [0.5, 0.6) is 0 Å². The van der Waals surface area contributed by atoms with Gasteiger partial charge in [0.25, 0.3) is 0 Å². The van der Waals surface area contributed by atoms with Gasteiger partial charge in [0.15, 0.2) is 0 Å². The Morgan fingerprint density at radius 2 is 1.95 bits per heavy atom. The molecule has 1 aliphatic heterocycles. The number of hydrogen-bond acceptors (Lipinski definition) is 4. The van der Waals surface area contributed by atoms with Crippen LogP contribution < -0.4 is 16.0 Å². The minimum absolute atomic E-state index is 0.0516. The SMILES string of the molecule is CC(C)(C)OC(=O)NCC1(NCC2CCCCN2)CCCC1. The van der Waals surface area contributed by atoms with E-state index in [0.717, 1.165) is 25.9 Å². The Hall–Kier alpha value is -0.810. The van der Waals surface area contributed by atoms with Gasteiger partial charge < -0.3 is 20.7 Å². The predicted octanol–water partition coefficient (Wildman–Crippen LogP) is 2.56.